The summed E-state index contributed by atoms with van der Waals surface area (Å²) in [7, 11) is 1.92. The van der Waals surface area contributed by atoms with Crippen molar-refractivity contribution in [1.29, 1.82) is 0 Å². The second-order valence-corrected chi connectivity index (χ2v) is 14.2. The van der Waals surface area contributed by atoms with Gasteiger partial charge < -0.3 is 35.5 Å². The minimum absolute atomic E-state index is 0.00949. The van der Waals surface area contributed by atoms with E-state index in [1.807, 2.05) is 72.3 Å². The van der Waals surface area contributed by atoms with Crippen LogP contribution in [-0.4, -0.2) is 43.5 Å². The van der Waals surface area contributed by atoms with Crippen molar-refractivity contribution in [1.82, 2.24) is 20.1 Å². The fourth-order valence-electron chi connectivity index (χ4n) is 6.18. The van der Waals surface area contributed by atoms with E-state index in [-0.39, 0.29) is 30.6 Å². The van der Waals surface area contributed by atoms with Crippen LogP contribution in [0, 0.1) is 0 Å². The number of aliphatic hydroxyl groups is 1. The number of benzene rings is 4. The fraction of sp³-hybridized carbons (Fsp3) is 0.317. The first-order valence-corrected chi connectivity index (χ1v) is 18.9. The molecule has 0 aliphatic carbocycles. The van der Waals surface area contributed by atoms with Crippen molar-refractivity contribution in [2.75, 3.05) is 16.8 Å². The van der Waals surface area contributed by atoms with Crippen LogP contribution < -0.4 is 16.4 Å². The van der Waals surface area contributed by atoms with Crippen molar-refractivity contribution >= 4 is 35.0 Å². The van der Waals surface area contributed by atoms with E-state index in [9.17, 15) is 14.7 Å². The van der Waals surface area contributed by atoms with Gasteiger partial charge in [0.25, 0.3) is 0 Å². The molecule has 5 aromatic rings. The lowest BCUT2D eigenvalue weighted by molar-refractivity contribution is -0.245. The number of aromatic nitrogens is 3. The molecule has 3 atom stereocenters. The third-order valence-corrected chi connectivity index (χ3v) is 10.3. The van der Waals surface area contributed by atoms with Gasteiger partial charge in [0, 0.05) is 44.2 Å². The number of amides is 2. The summed E-state index contributed by atoms with van der Waals surface area (Å²) < 4.78 is 15.0. The number of aryl methyl sites for hydroxylation is 1. The summed E-state index contributed by atoms with van der Waals surface area (Å²) in [5.74, 6) is 0.592. The zero-order valence-corrected chi connectivity index (χ0v) is 30.6. The largest absolute Gasteiger partial charge is 0.397 e. The normalized spacial score (nSPS) is 17.0. The summed E-state index contributed by atoms with van der Waals surface area (Å²) in [6, 6.07) is 31.4. The molecule has 2 heterocycles. The van der Waals surface area contributed by atoms with E-state index in [0.29, 0.717) is 55.8 Å². The van der Waals surface area contributed by atoms with Gasteiger partial charge in [-0.3, -0.25) is 9.59 Å². The van der Waals surface area contributed by atoms with Crippen molar-refractivity contribution in [3.8, 4) is 11.1 Å². The number of unbranched alkanes of at least 4 members (excludes halogenated alkanes) is 2. The number of nitrogens with one attached hydrogen (secondary N) is 2. The molecular formula is C41H46N6O5S. The highest BCUT2D eigenvalue weighted by Crippen LogP contribution is 2.40. The number of rotatable bonds is 16. The molecule has 0 bridgehead atoms. The molecule has 53 heavy (non-hydrogen) atoms. The standard InChI is InChI=1S/C41H46N6O5S/c1-47-27-44-46-41(47)53-26-34-23-37(30-19-17-28(25-48)18-20-30)52-40(51-34)33-12-8-11-32(22-33)31-10-7-9-29(21-31)24-43-38(49)15-3-2-4-16-39(50)45-36-14-6-5-13-35(36)42/h5-14,17-22,27,34,37,40,48H,2-4,15-16,23-26,42H2,1H3,(H,43,49)(H,45,50)/t34-,37+,40+/m1/s1. The fourth-order valence-corrected chi connectivity index (χ4v) is 7.08. The number of ether oxygens (including phenoxy) is 2. The van der Waals surface area contributed by atoms with Gasteiger partial charge in [0.05, 0.1) is 30.2 Å². The molecule has 11 nitrogen and oxygen atoms in total. The zero-order valence-electron chi connectivity index (χ0n) is 29.8. The maximum Gasteiger partial charge on any atom is 0.224 e. The molecule has 0 unspecified atom stereocenters. The SMILES string of the molecule is Cn1cnnc1SC[C@H]1C[C@@H](c2ccc(CO)cc2)O[C@@H](c2cccc(-c3cccc(CNC(=O)CCCCCC(=O)Nc4ccccc4N)c3)c2)O1. The molecule has 276 valence electrons. The smallest absolute Gasteiger partial charge is 0.224 e. The third kappa shape index (κ3) is 10.8. The number of hydrogen-bond donors (Lipinski definition) is 4. The predicted octanol–water partition coefficient (Wildman–Crippen LogP) is 7.10. The highest BCUT2D eigenvalue weighted by molar-refractivity contribution is 7.99. The average Bonchev–Trinajstić information content (AvgIpc) is 3.61. The predicted molar refractivity (Wildman–Crippen MR) is 206 cm³/mol. The minimum Gasteiger partial charge on any atom is -0.397 e. The molecule has 1 aromatic heterocycles. The van der Waals surface area contributed by atoms with Crippen LogP contribution in [0.4, 0.5) is 11.4 Å². The van der Waals surface area contributed by atoms with Gasteiger partial charge in [0.1, 0.15) is 6.33 Å². The molecule has 1 aliphatic rings. The van der Waals surface area contributed by atoms with Crippen molar-refractivity contribution in [2.24, 2.45) is 7.05 Å². The number of nitrogens with zero attached hydrogens (tertiary/aromatic N) is 3. The van der Waals surface area contributed by atoms with Gasteiger partial charge in [0.2, 0.25) is 11.8 Å². The highest BCUT2D eigenvalue weighted by atomic mass is 32.2. The van der Waals surface area contributed by atoms with Gasteiger partial charge in [-0.25, -0.2) is 0 Å². The van der Waals surface area contributed by atoms with E-state index in [0.717, 1.165) is 45.0 Å². The van der Waals surface area contributed by atoms with Crippen LogP contribution in [-0.2, 0) is 39.3 Å². The Balaban J connectivity index is 1.03. The Morgan fingerprint density at radius 3 is 2.38 bits per heavy atom. The van der Waals surface area contributed by atoms with E-state index in [4.69, 9.17) is 15.2 Å². The third-order valence-electron chi connectivity index (χ3n) is 9.13. The lowest BCUT2D eigenvalue weighted by atomic mass is 9.99. The lowest BCUT2D eigenvalue weighted by Gasteiger charge is -2.36. The van der Waals surface area contributed by atoms with E-state index in [2.05, 4.69) is 45.1 Å². The Morgan fingerprint density at radius 1 is 0.868 bits per heavy atom. The Labute approximate surface area is 314 Å². The quantitative estimate of drug-likeness (QED) is 0.0472. The number of para-hydroxylation sites is 2. The van der Waals surface area contributed by atoms with Crippen molar-refractivity contribution in [3.05, 3.63) is 126 Å². The van der Waals surface area contributed by atoms with Crippen molar-refractivity contribution in [3.63, 3.8) is 0 Å². The molecule has 1 fully saturated rings. The average molecular weight is 735 g/mol. The second-order valence-electron chi connectivity index (χ2n) is 13.2. The summed E-state index contributed by atoms with van der Waals surface area (Å²) in [5.41, 5.74) is 12.9. The Morgan fingerprint density at radius 2 is 1.62 bits per heavy atom. The molecule has 1 saturated heterocycles. The van der Waals surface area contributed by atoms with Crippen LogP contribution in [0.3, 0.4) is 0 Å². The number of aliphatic hydroxyl groups excluding tert-OH is 1. The van der Waals surface area contributed by atoms with Gasteiger partial charge in [-0.15, -0.1) is 10.2 Å². The summed E-state index contributed by atoms with van der Waals surface area (Å²) in [4.78, 5) is 24.9. The lowest BCUT2D eigenvalue weighted by Crippen LogP contribution is -2.31. The van der Waals surface area contributed by atoms with Gasteiger partial charge in [-0.2, -0.15) is 0 Å². The van der Waals surface area contributed by atoms with Gasteiger partial charge in [-0.1, -0.05) is 91.0 Å². The number of thioether (sulfide) groups is 1. The molecule has 1 aliphatic heterocycles. The number of anilines is 2. The maximum atomic E-state index is 12.6. The van der Waals surface area contributed by atoms with E-state index >= 15 is 0 Å². The van der Waals surface area contributed by atoms with Crippen LogP contribution in [0.5, 0.6) is 0 Å². The van der Waals surface area contributed by atoms with Gasteiger partial charge in [0.15, 0.2) is 11.4 Å². The van der Waals surface area contributed by atoms with Crippen LogP contribution in [0.2, 0.25) is 0 Å². The summed E-state index contributed by atoms with van der Waals surface area (Å²) in [6.45, 7) is 0.411. The summed E-state index contributed by atoms with van der Waals surface area (Å²) in [6.07, 6.45) is 4.45. The molecule has 12 heteroatoms. The monoisotopic (exact) mass is 734 g/mol. The number of carbonyl (C=O) groups excluding carboxylic acids is 2. The highest BCUT2D eigenvalue weighted by Gasteiger charge is 2.32. The Hall–Kier alpha value is -5.01. The molecule has 0 saturated carbocycles. The van der Waals surface area contributed by atoms with Crippen molar-refractivity contribution < 1.29 is 24.2 Å². The first-order chi connectivity index (χ1) is 25.8. The number of nitrogens with two attached hydrogens (primary N) is 1. The molecule has 0 spiro atoms. The first kappa shape index (κ1) is 37.7. The summed E-state index contributed by atoms with van der Waals surface area (Å²) in [5, 5.41) is 24.5. The van der Waals surface area contributed by atoms with Crippen LogP contribution in [0.25, 0.3) is 11.1 Å². The zero-order chi connectivity index (χ0) is 37.0. The second kappa shape index (κ2) is 18.7. The first-order valence-electron chi connectivity index (χ1n) is 17.9. The van der Waals surface area contributed by atoms with E-state index in [1.54, 1.807) is 30.2 Å². The number of nitrogen functional groups attached to an aromatic ring is 1. The molecule has 5 N–H and O–H groups in total. The molecule has 6 rings (SSSR count). The van der Waals surface area contributed by atoms with Gasteiger partial charge in [-0.05, 0) is 64.9 Å². The molecular weight excluding hydrogens is 689 g/mol. The topological polar surface area (TPSA) is 154 Å². The van der Waals surface area contributed by atoms with E-state index in [1.165, 1.54) is 0 Å². The van der Waals surface area contributed by atoms with Gasteiger partial charge >= 0.3 is 0 Å². The van der Waals surface area contributed by atoms with Crippen LogP contribution in [0.1, 0.15) is 73.2 Å². The number of carbonyl (C=O) groups is 2. The Bertz CT molecular complexity index is 1970. The Kier molecular flexibility index (Phi) is 13.3. The van der Waals surface area contributed by atoms with Crippen LogP contribution >= 0.6 is 11.8 Å². The van der Waals surface area contributed by atoms with Crippen molar-refractivity contribution in [2.45, 2.75) is 75.3 Å². The van der Waals surface area contributed by atoms with E-state index < -0.39 is 6.29 Å². The number of hydrogen-bond acceptors (Lipinski definition) is 9. The summed E-state index contributed by atoms with van der Waals surface area (Å²) >= 11 is 1.60. The van der Waals surface area contributed by atoms with Crippen LogP contribution in [0.15, 0.2) is 109 Å². The maximum absolute atomic E-state index is 12.6. The molecule has 0 radical (unpaired) electrons. The molecule has 2 amide bonds. The minimum atomic E-state index is -0.587. The molecule has 4 aromatic carbocycles.